The number of hydrogen-bond donors (Lipinski definition) is 5. The van der Waals surface area contributed by atoms with Crippen molar-refractivity contribution in [2.75, 3.05) is 0 Å². The number of aliphatic hydroxyl groups excluding tert-OH is 3. The summed E-state index contributed by atoms with van der Waals surface area (Å²) in [5.74, 6) is -2.53. The molecule has 0 aromatic heterocycles. The SMILES string of the molecule is CC1(C)CC[C@]2(C(=O)O)CC[C@]3(C)C(=CC[C@@H]4[C@@]5(C)C[C@@H](O)[C@H](O)C(C)(C(=O)O)C5CC[C@]43C)[C@H]2[C@@H]1O. The molecule has 2 unspecified atom stereocenters. The molecule has 0 bridgehead atoms. The van der Waals surface area contributed by atoms with Crippen molar-refractivity contribution in [3.05, 3.63) is 11.6 Å². The lowest BCUT2D eigenvalue weighted by atomic mass is 9.33. The van der Waals surface area contributed by atoms with Crippen LogP contribution in [0.2, 0.25) is 0 Å². The van der Waals surface area contributed by atoms with Crippen molar-refractivity contribution in [1.82, 2.24) is 0 Å². The number of fused-ring (bicyclic) bond motifs is 7. The van der Waals surface area contributed by atoms with E-state index in [1.807, 2.05) is 13.8 Å². The van der Waals surface area contributed by atoms with Crippen molar-refractivity contribution in [1.29, 1.82) is 0 Å². The zero-order valence-electron chi connectivity index (χ0n) is 23.3. The molecule has 0 radical (unpaired) electrons. The maximum atomic E-state index is 12.8. The van der Waals surface area contributed by atoms with Crippen LogP contribution in [0.5, 0.6) is 0 Å². The zero-order chi connectivity index (χ0) is 27.6. The van der Waals surface area contributed by atoms with Gasteiger partial charge in [0.25, 0.3) is 0 Å². The number of rotatable bonds is 2. The van der Waals surface area contributed by atoms with Gasteiger partial charge in [-0.25, -0.2) is 0 Å². The van der Waals surface area contributed by atoms with Crippen LogP contribution in [0, 0.1) is 50.2 Å². The second-order valence-electron chi connectivity index (χ2n) is 15.0. The lowest BCUT2D eigenvalue weighted by molar-refractivity contribution is -0.241. The number of aliphatic carboxylic acids is 2. The monoisotopic (exact) mass is 518 g/mol. The fraction of sp³-hybridized carbons (Fsp3) is 0.867. The molecule has 0 aromatic carbocycles. The summed E-state index contributed by atoms with van der Waals surface area (Å²) in [6.07, 6.45) is 3.88. The first-order valence-electron chi connectivity index (χ1n) is 14.1. The van der Waals surface area contributed by atoms with Gasteiger partial charge in [0.05, 0.1) is 29.1 Å². The fourth-order valence-electron chi connectivity index (χ4n) is 10.7. The van der Waals surface area contributed by atoms with Crippen LogP contribution in [0.1, 0.15) is 92.9 Å². The molecule has 7 nitrogen and oxygen atoms in total. The largest absolute Gasteiger partial charge is 0.481 e. The highest BCUT2D eigenvalue weighted by Crippen LogP contribution is 2.75. The Hall–Kier alpha value is -1.44. The average molecular weight is 519 g/mol. The third-order valence-electron chi connectivity index (χ3n) is 13.4. The maximum Gasteiger partial charge on any atom is 0.312 e. The Labute approximate surface area is 220 Å². The van der Waals surface area contributed by atoms with Gasteiger partial charge >= 0.3 is 11.9 Å². The molecule has 11 atom stereocenters. The quantitative estimate of drug-likeness (QED) is 0.345. The van der Waals surface area contributed by atoms with Gasteiger partial charge in [0.1, 0.15) is 0 Å². The second kappa shape index (κ2) is 7.82. The molecule has 208 valence electrons. The molecule has 0 saturated heterocycles. The molecule has 5 N–H and O–H groups in total. The number of allylic oxidation sites excluding steroid dienone is 1. The first-order valence-corrected chi connectivity index (χ1v) is 14.1. The molecule has 5 aliphatic rings. The van der Waals surface area contributed by atoms with Gasteiger partial charge in [-0.3, -0.25) is 9.59 Å². The highest BCUT2D eigenvalue weighted by Gasteiger charge is 2.72. The highest BCUT2D eigenvalue weighted by molar-refractivity contribution is 5.77. The molecule has 0 aromatic rings. The fourth-order valence-corrected chi connectivity index (χ4v) is 10.7. The van der Waals surface area contributed by atoms with Crippen molar-refractivity contribution in [2.24, 2.45) is 50.2 Å². The summed E-state index contributed by atoms with van der Waals surface area (Å²) in [6.45, 7) is 12.3. The van der Waals surface area contributed by atoms with Gasteiger partial charge in [-0.2, -0.15) is 0 Å². The number of carbonyl (C=O) groups is 2. The van der Waals surface area contributed by atoms with Crippen molar-refractivity contribution < 1.29 is 35.1 Å². The van der Waals surface area contributed by atoms with E-state index in [1.165, 1.54) is 0 Å². The highest BCUT2D eigenvalue weighted by atomic mass is 16.4. The molecule has 37 heavy (non-hydrogen) atoms. The third kappa shape index (κ3) is 3.05. The molecular formula is C30H46O7. The van der Waals surface area contributed by atoms with Gasteiger partial charge in [0.2, 0.25) is 0 Å². The molecule has 0 heterocycles. The Kier molecular flexibility index (Phi) is 5.73. The zero-order valence-corrected chi connectivity index (χ0v) is 23.3. The molecule has 0 spiro atoms. The van der Waals surface area contributed by atoms with Crippen LogP contribution >= 0.6 is 0 Å². The van der Waals surface area contributed by atoms with Crippen molar-refractivity contribution in [3.8, 4) is 0 Å². The molecule has 4 fully saturated rings. The summed E-state index contributed by atoms with van der Waals surface area (Å²) in [5, 5.41) is 54.3. The van der Waals surface area contributed by atoms with E-state index in [-0.39, 0.29) is 28.1 Å². The Balaban J connectivity index is 1.64. The van der Waals surface area contributed by atoms with Crippen LogP contribution in [0.3, 0.4) is 0 Å². The number of carboxylic acids is 2. The van der Waals surface area contributed by atoms with Gasteiger partial charge in [-0.05, 0) is 91.8 Å². The van der Waals surface area contributed by atoms with E-state index in [9.17, 15) is 35.1 Å². The first kappa shape index (κ1) is 27.1. The van der Waals surface area contributed by atoms with Crippen LogP contribution in [-0.2, 0) is 9.59 Å². The summed E-state index contributed by atoms with van der Waals surface area (Å²) in [4.78, 5) is 25.4. The van der Waals surface area contributed by atoms with Gasteiger partial charge in [0, 0.05) is 5.92 Å². The van der Waals surface area contributed by atoms with Crippen molar-refractivity contribution >= 4 is 11.9 Å². The van der Waals surface area contributed by atoms with Crippen molar-refractivity contribution in [3.63, 3.8) is 0 Å². The number of aliphatic hydroxyl groups is 3. The van der Waals surface area contributed by atoms with E-state index in [0.717, 1.165) is 12.0 Å². The van der Waals surface area contributed by atoms with E-state index in [0.29, 0.717) is 44.9 Å². The van der Waals surface area contributed by atoms with Gasteiger partial charge < -0.3 is 25.5 Å². The second-order valence-corrected chi connectivity index (χ2v) is 15.0. The Bertz CT molecular complexity index is 1050. The lowest BCUT2D eigenvalue weighted by Crippen LogP contribution is -2.69. The van der Waals surface area contributed by atoms with Gasteiger partial charge in [-0.1, -0.05) is 46.3 Å². The van der Waals surface area contributed by atoms with Crippen LogP contribution in [0.4, 0.5) is 0 Å². The molecule has 5 aliphatic carbocycles. The number of hydrogen-bond acceptors (Lipinski definition) is 5. The topological polar surface area (TPSA) is 135 Å². The average Bonchev–Trinajstić information content (AvgIpc) is 2.80. The number of carboxylic acid groups (broad SMARTS) is 2. The Morgan fingerprint density at radius 1 is 0.811 bits per heavy atom. The smallest absolute Gasteiger partial charge is 0.312 e. The predicted octanol–water partition coefficient (Wildman–Crippen LogP) is 4.24. The van der Waals surface area contributed by atoms with Crippen LogP contribution < -0.4 is 0 Å². The standard InChI is InChI=1S/C30H46O7/c1-25(2)11-13-30(24(36)37)14-12-27(4)16(20(30)22(25)33)7-8-18-26(3)15-17(31)21(32)29(6,23(34)35)19(26)9-10-28(18,27)5/h7,17-22,31-33H,8-15H2,1-6H3,(H,34,35)(H,36,37)/t17-,18-,19?,20+,21+,22+,26-,27-,28-,29?,30+/m1/s1. The minimum atomic E-state index is -1.44. The van der Waals surface area contributed by atoms with E-state index in [4.69, 9.17) is 0 Å². The molecule has 4 saturated carbocycles. The molecule has 0 aliphatic heterocycles. The third-order valence-corrected chi connectivity index (χ3v) is 13.4. The van der Waals surface area contributed by atoms with Gasteiger partial charge in [0.15, 0.2) is 0 Å². The first-order chi connectivity index (χ1) is 16.9. The molecular weight excluding hydrogens is 472 g/mol. The minimum absolute atomic E-state index is 0.0689. The lowest BCUT2D eigenvalue weighted by Gasteiger charge is -2.71. The van der Waals surface area contributed by atoms with Gasteiger partial charge in [-0.15, -0.1) is 0 Å². The van der Waals surface area contributed by atoms with Crippen LogP contribution in [0.15, 0.2) is 11.6 Å². The maximum absolute atomic E-state index is 12.8. The van der Waals surface area contributed by atoms with E-state index in [2.05, 4.69) is 26.8 Å². The summed E-state index contributed by atoms with van der Waals surface area (Å²) in [6, 6.07) is 0. The normalized spacial score (nSPS) is 54.6. The molecule has 7 heteroatoms. The van der Waals surface area contributed by atoms with E-state index in [1.54, 1.807) is 6.92 Å². The van der Waals surface area contributed by atoms with Crippen LogP contribution in [-0.4, -0.2) is 55.8 Å². The summed E-state index contributed by atoms with van der Waals surface area (Å²) in [7, 11) is 0. The Morgan fingerprint density at radius 3 is 2.03 bits per heavy atom. The van der Waals surface area contributed by atoms with E-state index < -0.39 is 52.4 Å². The van der Waals surface area contributed by atoms with E-state index >= 15 is 0 Å². The summed E-state index contributed by atoms with van der Waals surface area (Å²) in [5.41, 5.74) is -2.80. The summed E-state index contributed by atoms with van der Waals surface area (Å²) < 4.78 is 0. The van der Waals surface area contributed by atoms with Crippen molar-refractivity contribution in [2.45, 2.75) is 111 Å². The summed E-state index contributed by atoms with van der Waals surface area (Å²) >= 11 is 0. The van der Waals surface area contributed by atoms with Crippen LogP contribution in [0.25, 0.3) is 0 Å². The minimum Gasteiger partial charge on any atom is -0.481 e. The predicted molar refractivity (Wildman–Crippen MR) is 137 cm³/mol. The Morgan fingerprint density at radius 2 is 1.43 bits per heavy atom. The molecule has 0 amide bonds. The molecule has 5 rings (SSSR count).